The van der Waals surface area contributed by atoms with Crippen molar-refractivity contribution in [2.75, 3.05) is 0 Å². The number of nitrogens with zero attached hydrogens (tertiary/aromatic N) is 3. The first-order valence-electron chi connectivity index (χ1n) is 6.47. The van der Waals surface area contributed by atoms with Crippen LogP contribution in [-0.4, -0.2) is 9.78 Å². The van der Waals surface area contributed by atoms with E-state index in [1.54, 1.807) is 0 Å². The van der Waals surface area contributed by atoms with Crippen molar-refractivity contribution in [2.45, 2.75) is 31.7 Å². The molecule has 1 aliphatic heterocycles. The first kappa shape index (κ1) is 9.40. The second kappa shape index (κ2) is 3.42. The fourth-order valence-electron chi connectivity index (χ4n) is 3.37. The number of fused-ring (bicyclic) bond motifs is 3. The average molecular weight is 226 g/mol. The minimum Gasteiger partial charge on any atom is -0.231 e. The van der Waals surface area contributed by atoms with Gasteiger partial charge in [-0.25, -0.2) is 4.57 Å². The van der Waals surface area contributed by atoms with Crippen LogP contribution in [-0.2, 0) is 6.42 Å². The maximum atomic E-state index is 4.72. The molecule has 0 radical (unpaired) electrons. The summed E-state index contributed by atoms with van der Waals surface area (Å²) in [6.45, 7) is 0. The van der Waals surface area contributed by atoms with Crippen LogP contribution in [0.15, 0.2) is 36.7 Å². The van der Waals surface area contributed by atoms with E-state index in [-0.39, 0.29) is 0 Å². The SMILES string of the molecule is c1ccc(-n2c[n+]3c(n2)C[C@@H]2CCC[C@@H]23)cc1. The zero-order valence-corrected chi connectivity index (χ0v) is 9.79. The molecule has 2 heterocycles. The standard InChI is InChI=1S/C14H16N3/c1-2-6-12(7-3-1)17-10-16-13-8-4-5-11(13)9-14(16)15-17/h1-3,6-7,10-11,13H,4-5,8-9H2/q+1/t11-,13-/m0/s1. The Labute approximate surface area is 101 Å². The first-order valence-corrected chi connectivity index (χ1v) is 6.47. The quantitative estimate of drug-likeness (QED) is 0.682. The Hall–Kier alpha value is -1.64. The van der Waals surface area contributed by atoms with Gasteiger partial charge in [-0.2, -0.15) is 0 Å². The molecule has 0 amide bonds. The van der Waals surface area contributed by atoms with Crippen LogP contribution < -0.4 is 4.57 Å². The first-order chi connectivity index (χ1) is 8.42. The molecule has 0 unspecified atom stereocenters. The summed E-state index contributed by atoms with van der Waals surface area (Å²) in [5, 5.41) is 4.72. The smallest absolute Gasteiger partial charge is 0.231 e. The number of aromatic nitrogens is 3. The number of hydrogen-bond donors (Lipinski definition) is 0. The highest BCUT2D eigenvalue weighted by molar-refractivity contribution is 5.29. The predicted octanol–water partition coefficient (Wildman–Crippen LogP) is 2.06. The van der Waals surface area contributed by atoms with Gasteiger partial charge in [-0.05, 0) is 31.4 Å². The highest BCUT2D eigenvalue weighted by Gasteiger charge is 2.42. The van der Waals surface area contributed by atoms with Crippen molar-refractivity contribution in [1.29, 1.82) is 0 Å². The molecular weight excluding hydrogens is 210 g/mol. The maximum absolute atomic E-state index is 4.72. The van der Waals surface area contributed by atoms with Gasteiger partial charge < -0.3 is 0 Å². The van der Waals surface area contributed by atoms with Gasteiger partial charge in [0.2, 0.25) is 6.33 Å². The Bertz CT molecular complexity index is 544. The van der Waals surface area contributed by atoms with Gasteiger partial charge in [0, 0.05) is 17.4 Å². The topological polar surface area (TPSA) is 21.7 Å². The number of rotatable bonds is 1. The summed E-state index contributed by atoms with van der Waals surface area (Å²) in [6, 6.07) is 11.1. The van der Waals surface area contributed by atoms with Gasteiger partial charge in [0.1, 0.15) is 5.69 Å². The van der Waals surface area contributed by atoms with Gasteiger partial charge in [0.05, 0.1) is 6.04 Å². The van der Waals surface area contributed by atoms with E-state index in [0.29, 0.717) is 0 Å². The molecule has 1 aliphatic carbocycles. The lowest BCUT2D eigenvalue weighted by Gasteiger charge is -2.05. The Morgan fingerprint density at radius 3 is 2.94 bits per heavy atom. The van der Waals surface area contributed by atoms with Crippen LogP contribution >= 0.6 is 0 Å². The van der Waals surface area contributed by atoms with Crippen LogP contribution in [0.5, 0.6) is 0 Å². The van der Waals surface area contributed by atoms with Crippen molar-refractivity contribution in [3.05, 3.63) is 42.5 Å². The van der Waals surface area contributed by atoms with E-state index in [1.165, 1.54) is 31.5 Å². The molecule has 2 aliphatic rings. The molecule has 1 aromatic heterocycles. The van der Waals surface area contributed by atoms with Crippen molar-refractivity contribution in [3.63, 3.8) is 0 Å². The van der Waals surface area contributed by atoms with Crippen molar-refractivity contribution in [1.82, 2.24) is 9.78 Å². The number of benzene rings is 1. The molecule has 1 aromatic carbocycles. The molecule has 2 atom stereocenters. The molecule has 0 N–H and O–H groups in total. The summed E-state index contributed by atoms with van der Waals surface area (Å²) in [6.07, 6.45) is 7.46. The molecule has 1 saturated carbocycles. The summed E-state index contributed by atoms with van der Waals surface area (Å²) < 4.78 is 4.43. The number of hydrogen-bond acceptors (Lipinski definition) is 1. The molecule has 0 bridgehead atoms. The lowest BCUT2D eigenvalue weighted by molar-refractivity contribution is -0.719. The lowest BCUT2D eigenvalue weighted by Crippen LogP contribution is -2.36. The largest absolute Gasteiger partial charge is 0.278 e. The van der Waals surface area contributed by atoms with Gasteiger partial charge >= 0.3 is 0 Å². The molecule has 4 rings (SSSR count). The molecule has 2 aromatic rings. The normalized spacial score (nSPS) is 25.9. The minimum absolute atomic E-state index is 0.725. The zero-order chi connectivity index (χ0) is 11.2. The van der Waals surface area contributed by atoms with E-state index >= 15 is 0 Å². The fourth-order valence-corrected chi connectivity index (χ4v) is 3.37. The molecule has 17 heavy (non-hydrogen) atoms. The molecule has 3 nitrogen and oxygen atoms in total. The fraction of sp³-hybridized carbons (Fsp3) is 0.429. The van der Waals surface area contributed by atoms with Gasteiger partial charge in [-0.3, -0.25) is 0 Å². The van der Waals surface area contributed by atoms with Crippen molar-refractivity contribution < 1.29 is 4.57 Å². The summed E-state index contributed by atoms with van der Waals surface area (Å²) in [5.41, 5.74) is 1.16. The minimum atomic E-state index is 0.725. The second-order valence-corrected chi connectivity index (χ2v) is 5.18. The monoisotopic (exact) mass is 226 g/mol. The van der Waals surface area contributed by atoms with E-state index in [0.717, 1.165) is 17.6 Å². The highest BCUT2D eigenvalue weighted by Crippen LogP contribution is 2.37. The predicted molar refractivity (Wildman–Crippen MR) is 63.8 cm³/mol. The van der Waals surface area contributed by atoms with Crippen molar-refractivity contribution >= 4 is 0 Å². The lowest BCUT2D eigenvalue weighted by atomic mass is 10.0. The molecule has 3 heteroatoms. The maximum Gasteiger partial charge on any atom is 0.278 e. The molecular formula is C14H16N3+. The van der Waals surface area contributed by atoms with E-state index in [9.17, 15) is 0 Å². The van der Waals surface area contributed by atoms with Crippen LogP contribution in [0.25, 0.3) is 5.69 Å². The zero-order valence-electron chi connectivity index (χ0n) is 9.79. The van der Waals surface area contributed by atoms with Gasteiger partial charge in [-0.15, -0.1) is 0 Å². The summed E-state index contributed by atoms with van der Waals surface area (Å²) >= 11 is 0. The summed E-state index contributed by atoms with van der Waals surface area (Å²) in [7, 11) is 0. The second-order valence-electron chi connectivity index (χ2n) is 5.18. The molecule has 1 fully saturated rings. The average Bonchev–Trinajstić information content (AvgIpc) is 3.00. The Kier molecular flexibility index (Phi) is 1.89. The highest BCUT2D eigenvalue weighted by atomic mass is 15.4. The third-order valence-corrected chi connectivity index (χ3v) is 4.20. The Morgan fingerprint density at radius 2 is 2.06 bits per heavy atom. The summed E-state index contributed by atoms with van der Waals surface area (Å²) in [5.74, 6) is 2.13. The van der Waals surface area contributed by atoms with Gasteiger partial charge in [-0.1, -0.05) is 22.9 Å². The van der Waals surface area contributed by atoms with E-state index in [4.69, 9.17) is 5.10 Å². The van der Waals surface area contributed by atoms with E-state index in [2.05, 4.69) is 35.2 Å². The Balaban J connectivity index is 1.76. The third-order valence-electron chi connectivity index (χ3n) is 4.20. The van der Waals surface area contributed by atoms with Crippen LogP contribution in [0, 0.1) is 5.92 Å². The molecule has 0 spiro atoms. The van der Waals surface area contributed by atoms with Gasteiger partial charge in [0.15, 0.2) is 0 Å². The van der Waals surface area contributed by atoms with E-state index in [1.807, 2.05) is 10.7 Å². The van der Waals surface area contributed by atoms with Crippen LogP contribution in [0.1, 0.15) is 31.1 Å². The van der Waals surface area contributed by atoms with Crippen LogP contribution in [0.3, 0.4) is 0 Å². The number of para-hydroxylation sites is 1. The van der Waals surface area contributed by atoms with Gasteiger partial charge in [0.25, 0.3) is 5.82 Å². The van der Waals surface area contributed by atoms with Crippen molar-refractivity contribution in [3.8, 4) is 5.69 Å². The molecule has 0 saturated heterocycles. The van der Waals surface area contributed by atoms with Crippen LogP contribution in [0.2, 0.25) is 0 Å². The third kappa shape index (κ3) is 1.35. The van der Waals surface area contributed by atoms with Crippen molar-refractivity contribution in [2.24, 2.45) is 5.92 Å². The van der Waals surface area contributed by atoms with E-state index < -0.39 is 0 Å². The Morgan fingerprint density at radius 1 is 1.18 bits per heavy atom. The summed E-state index contributed by atoms with van der Waals surface area (Å²) in [4.78, 5) is 0. The molecule has 86 valence electrons. The van der Waals surface area contributed by atoms with Crippen LogP contribution in [0.4, 0.5) is 0 Å².